The lowest BCUT2D eigenvalue weighted by molar-refractivity contribution is -0.154. The summed E-state index contributed by atoms with van der Waals surface area (Å²) < 4.78 is 13.3. The maximum atomic E-state index is 13.7. The number of urea groups is 1. The molecule has 3 aromatic rings. The highest BCUT2D eigenvalue weighted by Gasteiger charge is 2.45. The summed E-state index contributed by atoms with van der Waals surface area (Å²) in [6.07, 6.45) is 0.0993. The molecular weight excluding hydrogens is 473 g/mol. The number of likely N-dealkylation sites (tertiary alicyclic amines) is 1. The molecule has 0 saturated carbocycles. The number of hydrogen-bond donors (Lipinski definition) is 1. The van der Waals surface area contributed by atoms with Crippen LogP contribution in [0.3, 0.4) is 0 Å². The third-order valence-electron chi connectivity index (χ3n) is 6.99. The van der Waals surface area contributed by atoms with Gasteiger partial charge >= 0.3 is 12.0 Å². The number of rotatable bonds is 6. The number of halogens is 1. The highest BCUT2D eigenvalue weighted by Crippen LogP contribution is 2.38. The van der Waals surface area contributed by atoms with Crippen molar-refractivity contribution < 1.29 is 23.9 Å². The number of hydrogen-bond acceptors (Lipinski definition) is 3. The van der Waals surface area contributed by atoms with Crippen molar-refractivity contribution in [2.24, 2.45) is 5.41 Å². The van der Waals surface area contributed by atoms with E-state index in [-0.39, 0.29) is 44.3 Å². The number of para-hydroxylation sites is 1. The Hall–Kier alpha value is -4.20. The molecule has 0 bridgehead atoms. The number of carbonyl (C=O) groups excluding carboxylic acids is 2. The van der Waals surface area contributed by atoms with E-state index in [1.807, 2.05) is 61.5 Å². The van der Waals surface area contributed by atoms with Crippen LogP contribution in [0.5, 0.6) is 0 Å². The summed E-state index contributed by atoms with van der Waals surface area (Å²) in [5.74, 6) is -1.76. The average molecular weight is 504 g/mol. The Kier molecular flexibility index (Phi) is 7.57. The lowest BCUT2D eigenvalue weighted by Gasteiger charge is -2.40. The number of carboxylic acid groups (broad SMARTS) is 1. The summed E-state index contributed by atoms with van der Waals surface area (Å²) in [6, 6.07) is 22.0. The summed E-state index contributed by atoms with van der Waals surface area (Å²) in [6.45, 7) is 2.35. The van der Waals surface area contributed by atoms with Gasteiger partial charge in [-0.2, -0.15) is 0 Å². The molecule has 3 amide bonds. The second-order valence-corrected chi connectivity index (χ2v) is 9.47. The monoisotopic (exact) mass is 503 g/mol. The van der Waals surface area contributed by atoms with E-state index in [4.69, 9.17) is 0 Å². The summed E-state index contributed by atoms with van der Waals surface area (Å²) in [7, 11) is 1.59. The SMILES string of the molecule is Cc1ccc(N(C(=O)CC2(C(=O)O)CCN(C(=O)N(C)c3ccc(F)cc3)CC2)c2ccccc2)cc1. The minimum atomic E-state index is -1.29. The first-order chi connectivity index (χ1) is 17.7. The molecule has 0 radical (unpaired) electrons. The topological polar surface area (TPSA) is 81.2 Å². The van der Waals surface area contributed by atoms with Crippen LogP contribution in [0, 0.1) is 18.2 Å². The summed E-state index contributed by atoms with van der Waals surface area (Å²) in [5.41, 5.74) is 1.61. The Bertz CT molecular complexity index is 1250. The lowest BCUT2D eigenvalue weighted by atomic mass is 9.75. The van der Waals surface area contributed by atoms with E-state index in [1.54, 1.807) is 16.8 Å². The molecule has 3 aromatic carbocycles. The molecular formula is C29H30FN3O4. The molecule has 0 spiro atoms. The third-order valence-corrected chi connectivity index (χ3v) is 6.99. The number of benzene rings is 3. The number of carboxylic acids is 1. The van der Waals surface area contributed by atoms with Crippen molar-refractivity contribution in [3.8, 4) is 0 Å². The normalized spacial score (nSPS) is 14.6. The summed E-state index contributed by atoms with van der Waals surface area (Å²) in [4.78, 5) is 43.8. The predicted octanol–water partition coefficient (Wildman–Crippen LogP) is 5.61. The van der Waals surface area contributed by atoms with E-state index in [2.05, 4.69) is 0 Å². The second kappa shape index (κ2) is 10.8. The van der Waals surface area contributed by atoms with E-state index in [1.165, 1.54) is 29.2 Å². The fourth-order valence-electron chi connectivity index (χ4n) is 4.66. The van der Waals surface area contributed by atoms with Crippen molar-refractivity contribution in [3.63, 3.8) is 0 Å². The minimum Gasteiger partial charge on any atom is -0.481 e. The molecule has 1 fully saturated rings. The van der Waals surface area contributed by atoms with Crippen LogP contribution in [-0.2, 0) is 9.59 Å². The Labute approximate surface area is 215 Å². The van der Waals surface area contributed by atoms with Crippen molar-refractivity contribution in [2.75, 3.05) is 29.9 Å². The Morgan fingerprint density at radius 3 is 1.97 bits per heavy atom. The highest BCUT2D eigenvalue weighted by molar-refractivity contribution is 6.02. The molecule has 0 aromatic heterocycles. The van der Waals surface area contributed by atoms with Gasteiger partial charge < -0.3 is 10.0 Å². The van der Waals surface area contributed by atoms with Crippen LogP contribution in [0.2, 0.25) is 0 Å². The largest absolute Gasteiger partial charge is 0.481 e. The summed E-state index contributed by atoms with van der Waals surface area (Å²) >= 11 is 0. The average Bonchev–Trinajstić information content (AvgIpc) is 2.90. The number of anilines is 3. The van der Waals surface area contributed by atoms with Gasteiger partial charge in [0.05, 0.1) is 5.41 Å². The fourth-order valence-corrected chi connectivity index (χ4v) is 4.66. The number of carbonyl (C=O) groups is 3. The van der Waals surface area contributed by atoms with Gasteiger partial charge in [0.2, 0.25) is 5.91 Å². The fraction of sp³-hybridized carbons (Fsp3) is 0.276. The molecule has 1 aliphatic heterocycles. The second-order valence-electron chi connectivity index (χ2n) is 9.47. The van der Waals surface area contributed by atoms with Crippen LogP contribution < -0.4 is 9.80 Å². The van der Waals surface area contributed by atoms with E-state index in [9.17, 15) is 23.9 Å². The number of aliphatic carboxylic acids is 1. The first-order valence-electron chi connectivity index (χ1n) is 12.2. The Morgan fingerprint density at radius 2 is 1.41 bits per heavy atom. The van der Waals surface area contributed by atoms with Crippen LogP contribution in [0.4, 0.5) is 26.2 Å². The number of nitrogens with zero attached hydrogens (tertiary/aromatic N) is 3. The van der Waals surface area contributed by atoms with Gasteiger partial charge in [-0.25, -0.2) is 9.18 Å². The van der Waals surface area contributed by atoms with Gasteiger partial charge in [0.1, 0.15) is 5.82 Å². The number of piperidine rings is 1. The van der Waals surface area contributed by atoms with Gasteiger partial charge in [-0.1, -0.05) is 35.9 Å². The third kappa shape index (κ3) is 5.63. The van der Waals surface area contributed by atoms with Crippen LogP contribution in [0.1, 0.15) is 24.8 Å². The van der Waals surface area contributed by atoms with Gasteiger partial charge in [-0.3, -0.25) is 19.4 Å². The zero-order chi connectivity index (χ0) is 26.6. The summed E-state index contributed by atoms with van der Waals surface area (Å²) in [5, 5.41) is 10.2. The maximum Gasteiger partial charge on any atom is 0.324 e. The molecule has 192 valence electrons. The van der Waals surface area contributed by atoms with Crippen molar-refractivity contribution in [2.45, 2.75) is 26.2 Å². The van der Waals surface area contributed by atoms with Gasteiger partial charge in [-0.05, 0) is 68.3 Å². The van der Waals surface area contributed by atoms with Gasteiger partial charge in [-0.15, -0.1) is 0 Å². The Morgan fingerprint density at radius 1 is 0.865 bits per heavy atom. The standard InChI is InChI=1S/C29H30FN3O4/c1-21-8-12-25(13-9-21)33(24-6-4-3-5-7-24)26(34)20-29(27(35)36)16-18-32(19-17-29)28(37)31(2)23-14-10-22(30)11-15-23/h3-15H,16-20H2,1-2H3,(H,35,36). The van der Waals surface area contributed by atoms with Crippen molar-refractivity contribution >= 4 is 35.0 Å². The molecule has 1 N–H and O–H groups in total. The zero-order valence-corrected chi connectivity index (χ0v) is 20.9. The molecule has 0 atom stereocenters. The van der Waals surface area contributed by atoms with Gasteiger partial charge in [0.25, 0.3) is 0 Å². The van der Waals surface area contributed by atoms with Crippen LogP contribution in [0.15, 0.2) is 78.9 Å². The number of aryl methyl sites for hydroxylation is 1. The molecule has 0 unspecified atom stereocenters. The Balaban J connectivity index is 1.51. The predicted molar refractivity (Wildman–Crippen MR) is 140 cm³/mol. The molecule has 1 aliphatic rings. The van der Waals surface area contributed by atoms with E-state index < -0.39 is 17.2 Å². The highest BCUT2D eigenvalue weighted by atomic mass is 19.1. The smallest absolute Gasteiger partial charge is 0.324 e. The minimum absolute atomic E-state index is 0.146. The van der Waals surface area contributed by atoms with Crippen LogP contribution in [0.25, 0.3) is 0 Å². The molecule has 37 heavy (non-hydrogen) atoms. The molecule has 8 heteroatoms. The van der Waals surface area contributed by atoms with E-state index in [0.717, 1.165) is 5.56 Å². The van der Waals surface area contributed by atoms with Crippen LogP contribution in [-0.4, -0.2) is 48.1 Å². The van der Waals surface area contributed by atoms with Crippen molar-refractivity contribution in [1.82, 2.24) is 4.90 Å². The first-order valence-corrected chi connectivity index (χ1v) is 12.2. The van der Waals surface area contributed by atoms with Crippen molar-refractivity contribution in [1.29, 1.82) is 0 Å². The van der Waals surface area contributed by atoms with E-state index in [0.29, 0.717) is 17.1 Å². The van der Waals surface area contributed by atoms with Gasteiger partial charge in [0.15, 0.2) is 0 Å². The molecule has 4 rings (SSSR count). The maximum absolute atomic E-state index is 13.7. The molecule has 1 saturated heterocycles. The van der Waals surface area contributed by atoms with E-state index >= 15 is 0 Å². The zero-order valence-electron chi connectivity index (χ0n) is 20.9. The first kappa shape index (κ1) is 25.9. The van der Waals surface area contributed by atoms with Crippen molar-refractivity contribution in [3.05, 3.63) is 90.2 Å². The number of amides is 3. The quantitative estimate of drug-likeness (QED) is 0.474. The van der Waals surface area contributed by atoms with Gasteiger partial charge in [0, 0.05) is 43.6 Å². The molecule has 7 nitrogen and oxygen atoms in total. The lowest BCUT2D eigenvalue weighted by Crippen LogP contribution is -2.51. The van der Waals surface area contributed by atoms with Crippen LogP contribution >= 0.6 is 0 Å². The molecule has 0 aliphatic carbocycles. The molecule has 1 heterocycles.